The number of nitrogens with zero attached hydrogens (tertiary/aromatic N) is 2. The number of hydrogen-bond donors (Lipinski definition) is 1. The Bertz CT molecular complexity index is 972. The number of carbonyl (C=O) groups excluding carboxylic acids is 1. The van der Waals surface area contributed by atoms with Crippen LogP contribution in [0.4, 0.5) is 0 Å². The smallest absolute Gasteiger partial charge is 0.277 e. The van der Waals surface area contributed by atoms with Crippen LogP contribution in [-0.4, -0.2) is 23.7 Å². The standard InChI is InChI=1S/C19H15Cl2N3O2/c1-12-2-3-13-9-14(19(21)23-17(13)8-12)10-22-24-18(25)11-26-16-6-4-15(20)5-7-16/h2-10H,11H2,1H3,(H,24,25). The molecule has 0 atom stereocenters. The lowest BCUT2D eigenvalue weighted by Crippen LogP contribution is -2.24. The normalized spacial score (nSPS) is 11.0. The van der Waals surface area contributed by atoms with Gasteiger partial charge in [0.15, 0.2) is 6.61 Å². The van der Waals surface area contributed by atoms with E-state index in [1.165, 1.54) is 6.21 Å². The number of fused-ring (bicyclic) bond motifs is 1. The fourth-order valence-corrected chi connectivity index (χ4v) is 2.57. The van der Waals surface area contributed by atoms with Gasteiger partial charge in [-0.25, -0.2) is 10.4 Å². The summed E-state index contributed by atoms with van der Waals surface area (Å²) in [7, 11) is 0. The first-order chi connectivity index (χ1) is 12.5. The third-order valence-electron chi connectivity index (χ3n) is 3.53. The third kappa shape index (κ3) is 4.71. The molecule has 26 heavy (non-hydrogen) atoms. The summed E-state index contributed by atoms with van der Waals surface area (Å²) < 4.78 is 5.34. The van der Waals surface area contributed by atoms with Crippen LogP contribution in [0.25, 0.3) is 10.9 Å². The van der Waals surface area contributed by atoms with Crippen molar-refractivity contribution in [2.45, 2.75) is 6.92 Å². The zero-order valence-corrected chi connectivity index (χ0v) is 15.4. The van der Waals surface area contributed by atoms with Crippen molar-refractivity contribution < 1.29 is 9.53 Å². The summed E-state index contributed by atoms with van der Waals surface area (Å²) in [5.41, 5.74) is 4.92. The summed E-state index contributed by atoms with van der Waals surface area (Å²) >= 11 is 12.0. The minimum absolute atomic E-state index is 0.165. The van der Waals surface area contributed by atoms with Gasteiger partial charge in [0.05, 0.1) is 11.7 Å². The van der Waals surface area contributed by atoms with Gasteiger partial charge in [0.25, 0.3) is 5.91 Å². The zero-order chi connectivity index (χ0) is 18.5. The molecule has 0 saturated carbocycles. The van der Waals surface area contributed by atoms with Crippen LogP contribution in [0, 0.1) is 6.92 Å². The predicted molar refractivity (Wildman–Crippen MR) is 104 cm³/mol. The van der Waals surface area contributed by atoms with Gasteiger partial charge < -0.3 is 4.74 Å². The van der Waals surface area contributed by atoms with Crippen molar-refractivity contribution in [1.29, 1.82) is 0 Å². The minimum atomic E-state index is -0.392. The average molecular weight is 388 g/mol. The van der Waals surface area contributed by atoms with Crippen LogP contribution in [0.2, 0.25) is 10.2 Å². The number of rotatable bonds is 5. The van der Waals surface area contributed by atoms with E-state index >= 15 is 0 Å². The number of hydrogen-bond acceptors (Lipinski definition) is 4. The van der Waals surface area contributed by atoms with Crippen molar-refractivity contribution in [3.63, 3.8) is 0 Å². The van der Waals surface area contributed by atoms with E-state index in [-0.39, 0.29) is 6.61 Å². The molecule has 3 rings (SSSR count). The summed E-state index contributed by atoms with van der Waals surface area (Å²) in [4.78, 5) is 16.1. The lowest BCUT2D eigenvalue weighted by Gasteiger charge is -2.05. The quantitative estimate of drug-likeness (QED) is 0.401. The van der Waals surface area contributed by atoms with E-state index < -0.39 is 5.91 Å². The van der Waals surface area contributed by atoms with Gasteiger partial charge in [0, 0.05) is 16.0 Å². The molecule has 0 fully saturated rings. The van der Waals surface area contributed by atoms with Crippen LogP contribution in [-0.2, 0) is 4.79 Å². The van der Waals surface area contributed by atoms with Gasteiger partial charge >= 0.3 is 0 Å². The Morgan fingerprint density at radius 2 is 1.96 bits per heavy atom. The molecule has 0 aliphatic heterocycles. The van der Waals surface area contributed by atoms with E-state index in [4.69, 9.17) is 27.9 Å². The first-order valence-electron chi connectivity index (χ1n) is 7.78. The predicted octanol–water partition coefficient (Wildman–Crippen LogP) is 4.38. The van der Waals surface area contributed by atoms with E-state index in [0.29, 0.717) is 21.5 Å². The van der Waals surface area contributed by atoms with Crippen LogP contribution >= 0.6 is 23.2 Å². The number of nitrogens with one attached hydrogen (secondary N) is 1. The topological polar surface area (TPSA) is 63.6 Å². The second kappa shape index (κ2) is 8.17. The van der Waals surface area contributed by atoms with Crippen LogP contribution in [0.15, 0.2) is 53.6 Å². The van der Waals surface area contributed by atoms with E-state index in [2.05, 4.69) is 15.5 Å². The van der Waals surface area contributed by atoms with Gasteiger partial charge in [-0.15, -0.1) is 0 Å². The minimum Gasteiger partial charge on any atom is -0.484 e. The molecule has 1 N–H and O–H groups in total. The van der Waals surface area contributed by atoms with Gasteiger partial charge in [-0.3, -0.25) is 4.79 Å². The number of aryl methyl sites for hydroxylation is 1. The van der Waals surface area contributed by atoms with Crippen molar-refractivity contribution in [3.05, 3.63) is 69.8 Å². The SMILES string of the molecule is Cc1ccc2cc(C=NNC(=O)COc3ccc(Cl)cc3)c(Cl)nc2c1. The molecule has 0 aliphatic carbocycles. The molecular formula is C19H15Cl2N3O2. The van der Waals surface area contributed by atoms with Crippen LogP contribution in [0.3, 0.4) is 0 Å². The fourth-order valence-electron chi connectivity index (χ4n) is 2.25. The molecule has 1 heterocycles. The maximum atomic E-state index is 11.8. The summed E-state index contributed by atoms with van der Waals surface area (Å²) in [6.07, 6.45) is 1.45. The Morgan fingerprint density at radius 3 is 2.73 bits per heavy atom. The Kier molecular flexibility index (Phi) is 5.71. The molecule has 0 spiro atoms. The Balaban J connectivity index is 1.60. The van der Waals surface area contributed by atoms with Crippen molar-refractivity contribution in [1.82, 2.24) is 10.4 Å². The molecule has 5 nitrogen and oxygen atoms in total. The number of benzene rings is 2. The molecule has 132 valence electrons. The van der Waals surface area contributed by atoms with E-state index in [1.54, 1.807) is 24.3 Å². The van der Waals surface area contributed by atoms with Gasteiger partial charge in [-0.2, -0.15) is 5.10 Å². The maximum absolute atomic E-state index is 11.8. The van der Waals surface area contributed by atoms with E-state index in [1.807, 2.05) is 31.2 Å². The van der Waals surface area contributed by atoms with Crippen LogP contribution in [0.5, 0.6) is 5.75 Å². The molecule has 3 aromatic rings. The highest BCUT2D eigenvalue weighted by atomic mass is 35.5. The second-order valence-electron chi connectivity index (χ2n) is 5.60. The van der Waals surface area contributed by atoms with Crippen molar-refractivity contribution in [2.24, 2.45) is 5.10 Å². The molecule has 1 aromatic heterocycles. The molecule has 0 radical (unpaired) electrons. The first kappa shape index (κ1) is 18.2. The van der Waals surface area contributed by atoms with E-state index in [0.717, 1.165) is 16.5 Å². The number of amides is 1. The highest BCUT2D eigenvalue weighted by Gasteiger charge is 2.05. The summed E-state index contributed by atoms with van der Waals surface area (Å²) in [5.74, 6) is 0.155. The molecule has 0 unspecified atom stereocenters. The number of carbonyl (C=O) groups is 1. The first-order valence-corrected chi connectivity index (χ1v) is 8.54. The number of ether oxygens (including phenoxy) is 1. The molecule has 0 aliphatic rings. The highest BCUT2D eigenvalue weighted by molar-refractivity contribution is 6.32. The summed E-state index contributed by atoms with van der Waals surface area (Å²) in [6.45, 7) is 1.83. The van der Waals surface area contributed by atoms with E-state index in [9.17, 15) is 4.79 Å². The largest absolute Gasteiger partial charge is 0.484 e. The zero-order valence-electron chi connectivity index (χ0n) is 13.9. The number of aromatic nitrogens is 1. The number of hydrazone groups is 1. The van der Waals surface area contributed by atoms with Crippen molar-refractivity contribution in [2.75, 3.05) is 6.61 Å². The lowest BCUT2D eigenvalue weighted by molar-refractivity contribution is -0.123. The monoisotopic (exact) mass is 387 g/mol. The van der Waals surface area contributed by atoms with Gasteiger partial charge in [-0.1, -0.05) is 35.3 Å². The van der Waals surface area contributed by atoms with Crippen molar-refractivity contribution in [3.8, 4) is 5.75 Å². The maximum Gasteiger partial charge on any atom is 0.277 e. The Morgan fingerprint density at radius 1 is 1.19 bits per heavy atom. The van der Waals surface area contributed by atoms with Gasteiger partial charge in [0.1, 0.15) is 10.9 Å². The Hall–Kier alpha value is -2.63. The Labute approximate surface area is 160 Å². The second-order valence-corrected chi connectivity index (χ2v) is 6.39. The molecular weight excluding hydrogens is 373 g/mol. The lowest BCUT2D eigenvalue weighted by atomic mass is 10.1. The highest BCUT2D eigenvalue weighted by Crippen LogP contribution is 2.20. The summed E-state index contributed by atoms with van der Waals surface area (Å²) in [6, 6.07) is 14.5. The average Bonchev–Trinajstić information content (AvgIpc) is 2.62. The summed E-state index contributed by atoms with van der Waals surface area (Å²) in [5, 5.41) is 5.76. The van der Waals surface area contributed by atoms with Gasteiger partial charge in [-0.05, 0) is 48.9 Å². The van der Waals surface area contributed by atoms with Gasteiger partial charge in [0.2, 0.25) is 0 Å². The molecule has 2 aromatic carbocycles. The fraction of sp³-hybridized carbons (Fsp3) is 0.105. The van der Waals surface area contributed by atoms with Crippen molar-refractivity contribution >= 4 is 46.2 Å². The molecule has 0 bridgehead atoms. The molecule has 0 saturated heterocycles. The van der Waals surface area contributed by atoms with Crippen LogP contribution < -0.4 is 10.2 Å². The molecule has 7 heteroatoms. The number of halogens is 2. The van der Waals surface area contributed by atoms with Crippen LogP contribution in [0.1, 0.15) is 11.1 Å². The third-order valence-corrected chi connectivity index (χ3v) is 4.08. The molecule has 1 amide bonds. The number of pyridine rings is 1.